The highest BCUT2D eigenvalue weighted by Gasteiger charge is 2.36. The number of phenols is 1. The van der Waals surface area contributed by atoms with Gasteiger partial charge in [-0.25, -0.2) is 0 Å². The average Bonchev–Trinajstić information content (AvgIpc) is 3.15. The molecule has 5 aromatic rings. The molecular formula is C34H34N2O9. The van der Waals surface area contributed by atoms with E-state index in [1.54, 1.807) is 26.2 Å². The van der Waals surface area contributed by atoms with Crippen LogP contribution in [-0.4, -0.2) is 65.7 Å². The van der Waals surface area contributed by atoms with Crippen molar-refractivity contribution in [2.24, 2.45) is 0 Å². The van der Waals surface area contributed by atoms with Gasteiger partial charge in [0.25, 0.3) is 0 Å². The Morgan fingerprint density at radius 1 is 0.867 bits per heavy atom. The minimum atomic E-state index is -0.870. The van der Waals surface area contributed by atoms with Crippen LogP contribution in [0.25, 0.3) is 49.2 Å². The van der Waals surface area contributed by atoms with E-state index in [9.17, 15) is 19.5 Å². The summed E-state index contributed by atoms with van der Waals surface area (Å²) >= 11 is 0. The first-order valence-corrected chi connectivity index (χ1v) is 14.4. The number of anilines is 2. The van der Waals surface area contributed by atoms with Gasteiger partial charge in [0.1, 0.15) is 17.3 Å². The largest absolute Gasteiger partial charge is 0.504 e. The molecule has 0 saturated heterocycles. The Hall–Kier alpha value is -4.87. The molecule has 1 aliphatic rings. The Morgan fingerprint density at radius 3 is 2.16 bits per heavy atom. The van der Waals surface area contributed by atoms with Crippen molar-refractivity contribution in [2.75, 3.05) is 65.9 Å². The zero-order valence-corrected chi connectivity index (χ0v) is 25.9. The van der Waals surface area contributed by atoms with Crippen LogP contribution in [0.4, 0.5) is 11.4 Å². The first-order chi connectivity index (χ1) is 21.6. The fourth-order valence-corrected chi connectivity index (χ4v) is 6.95. The van der Waals surface area contributed by atoms with Gasteiger partial charge >= 0.3 is 0 Å². The standard InChI is InChI=1S/C34H34N2O9/c1-14-11-16-22-27-23(32(39)31(16)35)17(36-7-8-45-10-9-41-3)12-19(42-4)25(27)26-20(43-5)13-18(38)24-29(26)28(22)30(21(14)15(2)37)34(44-6)33(24)40/h11-13,21,36,40H,7-10,35H2,1-6H3. The van der Waals surface area contributed by atoms with Gasteiger partial charge in [0.15, 0.2) is 16.9 Å². The Bertz CT molecular complexity index is 2170. The molecule has 0 radical (unpaired) electrons. The number of allylic oxidation sites excluding steroid dienone is 1. The van der Waals surface area contributed by atoms with Gasteiger partial charge < -0.3 is 39.8 Å². The lowest BCUT2D eigenvalue weighted by atomic mass is 9.80. The Labute approximate surface area is 257 Å². The number of hydrogen-bond donors (Lipinski definition) is 3. The molecule has 11 nitrogen and oxygen atoms in total. The number of methoxy groups -OCH3 is 4. The van der Waals surface area contributed by atoms with Crippen LogP contribution in [0, 0.1) is 0 Å². The number of phenolic OH excluding ortho intramolecular Hbond substituents is 1. The van der Waals surface area contributed by atoms with E-state index in [1.807, 2.05) is 0 Å². The number of fused-ring (bicyclic) bond motifs is 1. The van der Waals surface area contributed by atoms with Crippen molar-refractivity contribution in [3.05, 3.63) is 49.3 Å². The highest BCUT2D eigenvalue weighted by Crippen LogP contribution is 2.57. The lowest BCUT2D eigenvalue weighted by molar-refractivity contribution is -0.117. The van der Waals surface area contributed by atoms with Gasteiger partial charge in [0.05, 0.1) is 63.5 Å². The number of ether oxygens (including phenoxy) is 5. The predicted molar refractivity (Wildman–Crippen MR) is 175 cm³/mol. The highest BCUT2D eigenvalue weighted by atomic mass is 16.5. The zero-order chi connectivity index (χ0) is 32.3. The smallest absolute Gasteiger partial charge is 0.211 e. The number of ketones is 1. The quantitative estimate of drug-likeness (QED) is 0.0840. The van der Waals surface area contributed by atoms with E-state index in [-0.39, 0.29) is 34.1 Å². The Balaban J connectivity index is 1.92. The topological polar surface area (TPSA) is 156 Å². The van der Waals surface area contributed by atoms with Crippen LogP contribution in [0.3, 0.4) is 0 Å². The maximum atomic E-state index is 14.2. The number of carbonyl (C=O) groups is 1. The van der Waals surface area contributed by atoms with Crippen LogP contribution in [0.5, 0.6) is 23.0 Å². The number of rotatable bonds is 11. The number of hydrogen-bond acceptors (Lipinski definition) is 11. The van der Waals surface area contributed by atoms with Crippen LogP contribution >= 0.6 is 0 Å². The van der Waals surface area contributed by atoms with Gasteiger partial charge in [-0.2, -0.15) is 0 Å². The molecule has 0 heterocycles. The second kappa shape index (κ2) is 11.2. The van der Waals surface area contributed by atoms with Crippen LogP contribution < -0.4 is 36.1 Å². The molecule has 234 valence electrons. The van der Waals surface area contributed by atoms with E-state index in [4.69, 9.17) is 29.4 Å². The summed E-state index contributed by atoms with van der Waals surface area (Å²) in [5.41, 5.74) is 7.59. The summed E-state index contributed by atoms with van der Waals surface area (Å²) in [5.74, 6) is -0.864. The molecule has 0 spiro atoms. The first kappa shape index (κ1) is 30.2. The van der Waals surface area contributed by atoms with Gasteiger partial charge in [-0.15, -0.1) is 0 Å². The summed E-state index contributed by atoms with van der Waals surface area (Å²) < 4.78 is 28.1. The number of Topliss-reactive ketones (excluding diaryl/α,β-unsaturated/α-hetero) is 1. The van der Waals surface area contributed by atoms with Crippen molar-refractivity contribution in [2.45, 2.75) is 19.8 Å². The lowest BCUT2D eigenvalue weighted by Gasteiger charge is -2.25. The van der Waals surface area contributed by atoms with Gasteiger partial charge in [-0.3, -0.25) is 14.4 Å². The van der Waals surface area contributed by atoms with Crippen LogP contribution in [0.15, 0.2) is 27.3 Å². The van der Waals surface area contributed by atoms with Gasteiger partial charge in [-0.05, 0) is 19.2 Å². The molecule has 1 unspecified atom stereocenters. The molecule has 0 aromatic heterocycles. The van der Waals surface area contributed by atoms with Gasteiger partial charge in [0.2, 0.25) is 5.43 Å². The van der Waals surface area contributed by atoms with E-state index in [0.29, 0.717) is 92.2 Å². The number of benzene rings is 5. The summed E-state index contributed by atoms with van der Waals surface area (Å²) in [6, 6.07) is 3.00. The van der Waals surface area contributed by atoms with E-state index in [1.165, 1.54) is 34.3 Å². The van der Waals surface area contributed by atoms with Crippen LogP contribution in [0.2, 0.25) is 0 Å². The molecule has 0 fully saturated rings. The Morgan fingerprint density at radius 2 is 1.53 bits per heavy atom. The molecule has 6 rings (SSSR count). The third-order valence-corrected chi connectivity index (χ3v) is 8.70. The number of nitrogens with one attached hydrogen (secondary N) is 1. The van der Waals surface area contributed by atoms with Crippen LogP contribution in [0.1, 0.15) is 30.9 Å². The zero-order valence-electron chi connectivity index (χ0n) is 25.9. The normalized spacial score (nSPS) is 14.4. The third kappa shape index (κ3) is 4.22. The number of carbonyl (C=O) groups excluding carboxylic acids is 1. The minimum Gasteiger partial charge on any atom is -0.504 e. The number of nitrogen functional groups attached to an aromatic ring is 1. The van der Waals surface area contributed by atoms with Crippen molar-refractivity contribution in [1.82, 2.24) is 0 Å². The molecule has 0 aliphatic heterocycles. The van der Waals surface area contributed by atoms with Crippen molar-refractivity contribution in [3.8, 4) is 23.0 Å². The molecule has 0 bridgehead atoms. The molecule has 1 atom stereocenters. The number of aromatic hydroxyl groups is 1. The molecule has 0 amide bonds. The monoisotopic (exact) mass is 614 g/mol. The molecule has 45 heavy (non-hydrogen) atoms. The summed E-state index contributed by atoms with van der Waals surface area (Å²) in [7, 11) is 5.92. The maximum absolute atomic E-state index is 14.2. The fourth-order valence-electron chi connectivity index (χ4n) is 6.95. The molecule has 1 aliphatic carbocycles. The van der Waals surface area contributed by atoms with E-state index in [2.05, 4.69) is 5.32 Å². The molecule has 5 aromatic carbocycles. The second-order valence-corrected chi connectivity index (χ2v) is 11.1. The molecular weight excluding hydrogens is 580 g/mol. The van der Waals surface area contributed by atoms with Crippen molar-refractivity contribution < 1.29 is 33.6 Å². The van der Waals surface area contributed by atoms with Gasteiger partial charge in [0, 0.05) is 69.5 Å². The first-order valence-electron chi connectivity index (χ1n) is 14.4. The summed E-state index contributed by atoms with van der Waals surface area (Å²) in [6.45, 7) is 4.79. The summed E-state index contributed by atoms with van der Waals surface area (Å²) in [4.78, 5) is 41.3. The summed E-state index contributed by atoms with van der Waals surface area (Å²) in [5, 5.41) is 18.1. The second-order valence-electron chi connectivity index (χ2n) is 11.1. The average molecular weight is 615 g/mol. The third-order valence-electron chi connectivity index (χ3n) is 8.70. The minimum absolute atomic E-state index is 0.00217. The van der Waals surface area contributed by atoms with Crippen molar-refractivity contribution in [1.29, 1.82) is 0 Å². The van der Waals surface area contributed by atoms with Gasteiger partial charge in [-0.1, -0.05) is 11.6 Å². The number of nitrogens with two attached hydrogens (primary N) is 1. The fraction of sp³-hybridized carbons (Fsp3) is 0.324. The van der Waals surface area contributed by atoms with Crippen molar-refractivity contribution in [3.63, 3.8) is 0 Å². The lowest BCUT2D eigenvalue weighted by Crippen LogP contribution is -2.17. The van der Waals surface area contributed by atoms with E-state index in [0.717, 1.165) is 0 Å². The molecule has 0 saturated carbocycles. The summed E-state index contributed by atoms with van der Waals surface area (Å²) in [6.07, 6.45) is 1.74. The van der Waals surface area contributed by atoms with Crippen molar-refractivity contribution >= 4 is 66.3 Å². The molecule has 4 N–H and O–H groups in total. The van der Waals surface area contributed by atoms with Crippen LogP contribution in [-0.2, 0) is 14.3 Å². The Kier molecular flexibility index (Phi) is 7.54. The molecule has 11 heteroatoms. The predicted octanol–water partition coefficient (Wildman–Crippen LogP) is 4.37. The van der Waals surface area contributed by atoms with E-state index < -0.39 is 16.8 Å². The highest BCUT2D eigenvalue weighted by molar-refractivity contribution is 6.40. The maximum Gasteiger partial charge on any atom is 0.211 e. The SMILES string of the molecule is COCCOCCNc1cc(OC)c2c3c(OC)cc(=O)c4c(O)c(OC)c5c(c6c(c(N)c(=O)c1c26)C=C(C)C5C(C)=O)c43. The van der Waals surface area contributed by atoms with E-state index >= 15 is 0 Å².